The fraction of sp³-hybridized carbons (Fsp3) is 0.250. The molecule has 5 rings (SSSR count). The summed E-state index contributed by atoms with van der Waals surface area (Å²) in [6.45, 7) is 3.99. The van der Waals surface area contributed by atoms with Crippen molar-refractivity contribution in [3.63, 3.8) is 0 Å². The van der Waals surface area contributed by atoms with Crippen LogP contribution in [-0.4, -0.2) is 36.1 Å². The van der Waals surface area contributed by atoms with Gasteiger partial charge in [-0.25, -0.2) is 4.98 Å². The van der Waals surface area contributed by atoms with Crippen molar-refractivity contribution in [1.82, 2.24) is 15.3 Å². The summed E-state index contributed by atoms with van der Waals surface area (Å²) in [6.07, 6.45) is 2.18. The maximum atomic E-state index is 9.11. The fourth-order valence-corrected chi connectivity index (χ4v) is 4.47. The Labute approximate surface area is 200 Å². The van der Waals surface area contributed by atoms with Gasteiger partial charge < -0.3 is 15.5 Å². The van der Waals surface area contributed by atoms with Gasteiger partial charge in [-0.2, -0.15) is 10.2 Å². The maximum Gasteiger partial charge on any atom is 0.229 e. The molecule has 170 valence electrons. The van der Waals surface area contributed by atoms with Crippen LogP contribution < -0.4 is 15.5 Å². The number of aromatic nitrogens is 2. The van der Waals surface area contributed by atoms with Gasteiger partial charge in [0.2, 0.25) is 5.95 Å². The molecule has 1 fully saturated rings. The lowest BCUT2D eigenvalue weighted by Crippen LogP contribution is -2.41. The van der Waals surface area contributed by atoms with Gasteiger partial charge in [-0.15, -0.1) is 0 Å². The molecule has 2 heterocycles. The highest BCUT2D eigenvalue weighted by molar-refractivity contribution is 5.93. The molecule has 34 heavy (non-hydrogen) atoms. The van der Waals surface area contributed by atoms with Crippen molar-refractivity contribution < 1.29 is 0 Å². The molecule has 0 amide bonds. The number of rotatable bonds is 5. The first-order chi connectivity index (χ1) is 16.6. The van der Waals surface area contributed by atoms with E-state index in [1.54, 1.807) is 0 Å². The van der Waals surface area contributed by atoms with Gasteiger partial charge in [-0.05, 0) is 74.3 Å². The Kier molecular flexibility index (Phi) is 6.11. The molecule has 3 aromatic carbocycles. The SMILES string of the molecule is CNC1CCN(c2nc(Nc3ccc(C)cc3)nc3cc(-c4ccc(C#N)cc4)ccc23)CC1. The average Bonchev–Trinajstić information content (AvgIpc) is 2.89. The van der Waals surface area contributed by atoms with Crippen LogP contribution in [0.25, 0.3) is 22.0 Å². The van der Waals surface area contributed by atoms with E-state index in [0.717, 1.165) is 59.5 Å². The molecule has 0 saturated carbocycles. The number of hydrogen-bond donors (Lipinski definition) is 2. The summed E-state index contributed by atoms with van der Waals surface area (Å²) in [4.78, 5) is 12.2. The number of anilines is 3. The molecule has 4 aromatic rings. The summed E-state index contributed by atoms with van der Waals surface area (Å²) < 4.78 is 0. The average molecular weight is 449 g/mol. The van der Waals surface area contributed by atoms with Crippen molar-refractivity contribution in [2.75, 3.05) is 30.4 Å². The van der Waals surface area contributed by atoms with Crippen LogP contribution in [0.4, 0.5) is 17.5 Å². The zero-order valence-electron chi connectivity index (χ0n) is 19.5. The van der Waals surface area contributed by atoms with E-state index in [1.165, 1.54) is 5.56 Å². The Bertz CT molecular complexity index is 1330. The monoisotopic (exact) mass is 448 g/mol. The molecule has 1 aliphatic heterocycles. The van der Waals surface area contributed by atoms with Crippen molar-refractivity contribution in [3.8, 4) is 17.2 Å². The van der Waals surface area contributed by atoms with E-state index in [9.17, 15) is 0 Å². The minimum absolute atomic E-state index is 0.553. The van der Waals surface area contributed by atoms with E-state index in [4.69, 9.17) is 15.2 Å². The third-order valence-electron chi connectivity index (χ3n) is 6.53. The van der Waals surface area contributed by atoms with Crippen molar-refractivity contribution in [1.29, 1.82) is 5.26 Å². The highest BCUT2D eigenvalue weighted by atomic mass is 15.2. The van der Waals surface area contributed by atoms with Gasteiger partial charge in [0.05, 0.1) is 17.1 Å². The summed E-state index contributed by atoms with van der Waals surface area (Å²) in [5, 5.41) is 17.0. The molecule has 0 aliphatic carbocycles. The lowest BCUT2D eigenvalue weighted by Gasteiger charge is -2.33. The first-order valence-corrected chi connectivity index (χ1v) is 11.7. The molecule has 2 N–H and O–H groups in total. The number of nitrogens with one attached hydrogen (secondary N) is 2. The number of fused-ring (bicyclic) bond motifs is 1. The molecule has 0 spiro atoms. The van der Waals surface area contributed by atoms with Gasteiger partial charge in [-0.3, -0.25) is 0 Å². The third kappa shape index (κ3) is 4.57. The number of nitrogens with zero attached hydrogens (tertiary/aromatic N) is 4. The second-order valence-corrected chi connectivity index (χ2v) is 8.83. The molecule has 0 radical (unpaired) electrons. The van der Waals surface area contributed by atoms with E-state index in [1.807, 2.05) is 43.4 Å². The smallest absolute Gasteiger partial charge is 0.229 e. The molecule has 6 heteroatoms. The lowest BCUT2D eigenvalue weighted by molar-refractivity contribution is 0.441. The summed E-state index contributed by atoms with van der Waals surface area (Å²) in [5.41, 5.74) is 5.86. The normalized spacial score (nSPS) is 14.2. The molecular weight excluding hydrogens is 420 g/mol. The predicted octanol–water partition coefficient (Wildman–Crippen LogP) is 5.41. The molecule has 0 atom stereocenters. The van der Waals surface area contributed by atoms with Crippen LogP contribution in [0.1, 0.15) is 24.0 Å². The molecule has 1 aromatic heterocycles. The van der Waals surface area contributed by atoms with E-state index in [2.05, 4.69) is 58.9 Å². The number of piperidine rings is 1. The quantitative estimate of drug-likeness (QED) is 0.425. The zero-order valence-corrected chi connectivity index (χ0v) is 19.5. The number of hydrogen-bond acceptors (Lipinski definition) is 6. The van der Waals surface area contributed by atoms with Gasteiger partial charge in [0.25, 0.3) is 0 Å². The zero-order chi connectivity index (χ0) is 23.5. The van der Waals surface area contributed by atoms with Crippen LogP contribution >= 0.6 is 0 Å². The number of aryl methyl sites for hydroxylation is 1. The predicted molar refractivity (Wildman–Crippen MR) is 138 cm³/mol. The van der Waals surface area contributed by atoms with Gasteiger partial charge in [0, 0.05) is 30.2 Å². The molecular formula is C28H28N6. The van der Waals surface area contributed by atoms with E-state index in [0.29, 0.717) is 17.6 Å². The number of benzene rings is 3. The lowest BCUT2D eigenvalue weighted by atomic mass is 10.0. The highest BCUT2D eigenvalue weighted by Gasteiger charge is 2.22. The van der Waals surface area contributed by atoms with Gasteiger partial charge in [0.1, 0.15) is 5.82 Å². The van der Waals surface area contributed by atoms with Gasteiger partial charge >= 0.3 is 0 Å². The summed E-state index contributed by atoms with van der Waals surface area (Å²) >= 11 is 0. The third-order valence-corrected chi connectivity index (χ3v) is 6.53. The minimum Gasteiger partial charge on any atom is -0.356 e. The number of nitriles is 1. The Morgan fingerprint density at radius 2 is 1.62 bits per heavy atom. The van der Waals surface area contributed by atoms with Crippen LogP contribution in [0.2, 0.25) is 0 Å². The molecule has 1 saturated heterocycles. The van der Waals surface area contributed by atoms with Crippen molar-refractivity contribution >= 4 is 28.4 Å². The molecule has 0 bridgehead atoms. The second kappa shape index (κ2) is 9.50. The molecule has 0 unspecified atom stereocenters. The summed E-state index contributed by atoms with van der Waals surface area (Å²) in [5.74, 6) is 1.57. The standard InChI is InChI=1S/C28H28N6/c1-19-3-10-24(11-4-19)31-28-32-26-17-22(21-7-5-20(18-29)6-8-21)9-12-25(26)27(33-28)34-15-13-23(30-2)14-16-34/h3-12,17,23,30H,13-16H2,1-2H3,(H,31,32,33). The van der Waals surface area contributed by atoms with Crippen LogP contribution in [0.15, 0.2) is 66.7 Å². The van der Waals surface area contributed by atoms with Gasteiger partial charge in [-0.1, -0.05) is 35.9 Å². The fourth-order valence-electron chi connectivity index (χ4n) is 4.47. The van der Waals surface area contributed by atoms with Crippen LogP contribution in [0, 0.1) is 18.3 Å². The second-order valence-electron chi connectivity index (χ2n) is 8.83. The Morgan fingerprint density at radius 3 is 2.29 bits per heavy atom. The van der Waals surface area contributed by atoms with E-state index >= 15 is 0 Å². The van der Waals surface area contributed by atoms with Crippen molar-refractivity contribution in [2.45, 2.75) is 25.8 Å². The maximum absolute atomic E-state index is 9.11. The first-order valence-electron chi connectivity index (χ1n) is 11.7. The largest absolute Gasteiger partial charge is 0.356 e. The Morgan fingerprint density at radius 1 is 0.912 bits per heavy atom. The van der Waals surface area contributed by atoms with Crippen molar-refractivity contribution in [2.24, 2.45) is 0 Å². The first kappa shape index (κ1) is 21.9. The minimum atomic E-state index is 0.553. The van der Waals surface area contributed by atoms with Gasteiger partial charge in [0.15, 0.2) is 0 Å². The highest BCUT2D eigenvalue weighted by Crippen LogP contribution is 2.32. The summed E-state index contributed by atoms with van der Waals surface area (Å²) in [7, 11) is 2.04. The Balaban J connectivity index is 1.56. The van der Waals surface area contributed by atoms with Crippen LogP contribution in [-0.2, 0) is 0 Å². The van der Waals surface area contributed by atoms with Crippen molar-refractivity contribution in [3.05, 3.63) is 77.9 Å². The molecule has 1 aliphatic rings. The Hall–Kier alpha value is -3.95. The van der Waals surface area contributed by atoms with Crippen LogP contribution in [0.3, 0.4) is 0 Å². The van der Waals surface area contributed by atoms with E-state index in [-0.39, 0.29) is 0 Å². The van der Waals surface area contributed by atoms with Crippen LogP contribution in [0.5, 0.6) is 0 Å². The molecule has 6 nitrogen and oxygen atoms in total. The topological polar surface area (TPSA) is 76.9 Å². The van der Waals surface area contributed by atoms with E-state index < -0.39 is 0 Å². The summed E-state index contributed by atoms with van der Waals surface area (Å²) in [6, 6.07) is 25.0.